The van der Waals surface area contributed by atoms with Gasteiger partial charge in [-0.1, -0.05) is 35.0 Å². The standard InChI is InChI=1S/C22H20Cl2N4O5S/c1-27-20(30)18(21(31)28(2)22(27)32)19(25-13-5-7-14(33-3)8-6-13)34-11-17(29)26-16-9-4-12(23)10-15(16)24/h4-10,30H,11H2,1-3H3,(H,26,29). The lowest BCUT2D eigenvalue weighted by atomic mass is 10.3. The average molecular weight is 523 g/mol. The van der Waals surface area contributed by atoms with Crippen LogP contribution in [0, 0.1) is 0 Å². The number of anilines is 1. The van der Waals surface area contributed by atoms with E-state index in [-0.39, 0.29) is 21.4 Å². The number of methoxy groups -OCH3 is 1. The summed E-state index contributed by atoms with van der Waals surface area (Å²) in [7, 11) is 4.14. The molecule has 3 aromatic rings. The van der Waals surface area contributed by atoms with Crippen LogP contribution in [0.25, 0.3) is 0 Å². The maximum Gasteiger partial charge on any atom is 0.333 e. The van der Waals surface area contributed by atoms with Crippen LogP contribution in [0.4, 0.5) is 11.4 Å². The SMILES string of the molecule is COc1ccc(N=C(SCC(=O)Nc2ccc(Cl)cc2Cl)c2c(O)n(C)c(=O)n(C)c2=O)cc1. The molecule has 0 saturated carbocycles. The van der Waals surface area contributed by atoms with E-state index in [1.165, 1.54) is 27.3 Å². The zero-order valence-electron chi connectivity index (χ0n) is 18.3. The van der Waals surface area contributed by atoms with E-state index in [1.54, 1.807) is 36.4 Å². The number of benzene rings is 2. The topological polar surface area (TPSA) is 115 Å². The van der Waals surface area contributed by atoms with Gasteiger partial charge in [-0.15, -0.1) is 0 Å². The van der Waals surface area contributed by atoms with Gasteiger partial charge < -0.3 is 15.2 Å². The van der Waals surface area contributed by atoms with Gasteiger partial charge in [-0.3, -0.25) is 18.7 Å². The first-order chi connectivity index (χ1) is 16.1. The number of rotatable bonds is 6. The van der Waals surface area contributed by atoms with E-state index in [0.29, 0.717) is 22.1 Å². The van der Waals surface area contributed by atoms with Crippen molar-refractivity contribution in [3.05, 3.63) is 78.9 Å². The molecule has 34 heavy (non-hydrogen) atoms. The maximum atomic E-state index is 12.9. The Hall–Kier alpha value is -3.21. The second-order valence-electron chi connectivity index (χ2n) is 6.98. The Morgan fingerprint density at radius 3 is 2.41 bits per heavy atom. The number of carbonyl (C=O) groups is 1. The number of aliphatic imine (C=N–C) groups is 1. The van der Waals surface area contributed by atoms with Gasteiger partial charge in [-0.05, 0) is 42.5 Å². The summed E-state index contributed by atoms with van der Waals surface area (Å²) < 4.78 is 6.92. The van der Waals surface area contributed by atoms with Crippen LogP contribution in [0.1, 0.15) is 5.56 Å². The highest BCUT2D eigenvalue weighted by Gasteiger charge is 2.22. The summed E-state index contributed by atoms with van der Waals surface area (Å²) in [5.41, 5.74) is -0.842. The first-order valence-electron chi connectivity index (χ1n) is 9.72. The Morgan fingerprint density at radius 2 is 1.79 bits per heavy atom. The molecule has 2 aromatic carbocycles. The van der Waals surface area contributed by atoms with Gasteiger partial charge in [0.15, 0.2) is 0 Å². The van der Waals surface area contributed by atoms with Crippen molar-refractivity contribution in [2.45, 2.75) is 0 Å². The van der Waals surface area contributed by atoms with Crippen LogP contribution >= 0.6 is 35.0 Å². The molecular formula is C22H20Cl2N4O5S. The molecule has 12 heteroatoms. The van der Waals surface area contributed by atoms with Gasteiger partial charge in [0.05, 0.1) is 29.3 Å². The molecule has 0 radical (unpaired) electrons. The van der Waals surface area contributed by atoms with Crippen molar-refractivity contribution in [1.82, 2.24) is 9.13 Å². The number of hydrogen-bond donors (Lipinski definition) is 2. The number of nitrogens with one attached hydrogen (secondary N) is 1. The Morgan fingerprint density at radius 1 is 1.12 bits per heavy atom. The summed E-state index contributed by atoms with van der Waals surface area (Å²) in [5.74, 6) is -0.556. The quantitative estimate of drug-likeness (QED) is 0.377. The smallest absolute Gasteiger partial charge is 0.333 e. The van der Waals surface area contributed by atoms with Gasteiger partial charge in [0, 0.05) is 19.1 Å². The monoisotopic (exact) mass is 522 g/mol. The normalized spacial score (nSPS) is 11.4. The third kappa shape index (κ3) is 5.64. The molecule has 0 atom stereocenters. The summed E-state index contributed by atoms with van der Waals surface area (Å²) in [5, 5.41) is 14.0. The number of hydrogen-bond acceptors (Lipinski definition) is 7. The molecule has 2 N–H and O–H groups in total. The van der Waals surface area contributed by atoms with Crippen LogP contribution in [-0.2, 0) is 18.9 Å². The Balaban J connectivity index is 1.97. The zero-order valence-corrected chi connectivity index (χ0v) is 20.7. The minimum absolute atomic E-state index is 0.0521. The Labute approximate surface area is 208 Å². The van der Waals surface area contributed by atoms with E-state index in [9.17, 15) is 19.5 Å². The molecule has 0 aliphatic carbocycles. The maximum absolute atomic E-state index is 12.9. The molecule has 0 bridgehead atoms. The summed E-state index contributed by atoms with van der Waals surface area (Å²) in [4.78, 5) is 42.1. The molecule has 1 amide bonds. The molecule has 0 saturated heterocycles. The third-order valence-corrected chi connectivity index (χ3v) is 6.22. The molecule has 1 aromatic heterocycles. The number of carbonyl (C=O) groups excluding carboxylic acids is 1. The van der Waals surface area contributed by atoms with Crippen LogP contribution in [0.2, 0.25) is 10.0 Å². The molecule has 0 unspecified atom stereocenters. The lowest BCUT2D eigenvalue weighted by Gasteiger charge is -2.13. The molecule has 0 fully saturated rings. The average Bonchev–Trinajstić information content (AvgIpc) is 2.82. The van der Waals surface area contributed by atoms with Crippen LogP contribution < -0.4 is 21.3 Å². The highest BCUT2D eigenvalue weighted by Crippen LogP contribution is 2.27. The fraction of sp³-hybridized carbons (Fsp3) is 0.182. The van der Waals surface area contributed by atoms with E-state index < -0.39 is 23.0 Å². The van der Waals surface area contributed by atoms with Gasteiger partial charge >= 0.3 is 5.69 Å². The van der Waals surface area contributed by atoms with Gasteiger partial charge in [-0.25, -0.2) is 9.79 Å². The van der Waals surface area contributed by atoms with Crippen molar-refractivity contribution < 1.29 is 14.6 Å². The largest absolute Gasteiger partial charge is 0.497 e. The minimum Gasteiger partial charge on any atom is -0.497 e. The molecule has 178 valence electrons. The predicted octanol–water partition coefficient (Wildman–Crippen LogP) is 3.56. The second kappa shape index (κ2) is 10.8. The molecule has 1 heterocycles. The summed E-state index contributed by atoms with van der Waals surface area (Å²) in [6.07, 6.45) is 0. The molecule has 0 aliphatic rings. The van der Waals surface area contributed by atoms with Crippen LogP contribution in [0.3, 0.4) is 0 Å². The zero-order chi connectivity index (χ0) is 25.0. The Bertz CT molecular complexity index is 1380. The van der Waals surface area contributed by atoms with Crippen molar-refractivity contribution in [1.29, 1.82) is 0 Å². The van der Waals surface area contributed by atoms with E-state index in [4.69, 9.17) is 27.9 Å². The minimum atomic E-state index is -0.749. The highest BCUT2D eigenvalue weighted by atomic mass is 35.5. The van der Waals surface area contributed by atoms with Crippen molar-refractivity contribution in [2.75, 3.05) is 18.2 Å². The summed E-state index contributed by atoms with van der Waals surface area (Å²) >= 11 is 12.9. The number of thioether (sulfide) groups is 1. The van der Waals surface area contributed by atoms with Crippen molar-refractivity contribution >= 4 is 57.3 Å². The summed E-state index contributed by atoms with van der Waals surface area (Å²) in [6, 6.07) is 11.3. The molecule has 3 rings (SSSR count). The van der Waals surface area contributed by atoms with Gasteiger partial charge in [0.25, 0.3) is 5.56 Å². The molecule has 0 aliphatic heterocycles. The molecule has 0 spiro atoms. The van der Waals surface area contributed by atoms with Crippen LogP contribution in [0.5, 0.6) is 11.6 Å². The number of nitrogens with zero attached hydrogens (tertiary/aromatic N) is 3. The first kappa shape index (κ1) is 25.4. The first-order valence-corrected chi connectivity index (χ1v) is 11.5. The van der Waals surface area contributed by atoms with E-state index in [2.05, 4.69) is 10.3 Å². The van der Waals surface area contributed by atoms with E-state index in [0.717, 1.165) is 20.9 Å². The van der Waals surface area contributed by atoms with Crippen LogP contribution in [0.15, 0.2) is 57.0 Å². The number of aromatic hydroxyl groups is 1. The van der Waals surface area contributed by atoms with Gasteiger partial charge in [0.1, 0.15) is 16.4 Å². The lowest BCUT2D eigenvalue weighted by molar-refractivity contribution is -0.113. The predicted molar refractivity (Wildman–Crippen MR) is 135 cm³/mol. The van der Waals surface area contributed by atoms with E-state index >= 15 is 0 Å². The van der Waals surface area contributed by atoms with Gasteiger partial charge in [0.2, 0.25) is 11.8 Å². The fourth-order valence-electron chi connectivity index (χ4n) is 2.87. The number of aromatic nitrogens is 2. The number of ether oxygens (including phenoxy) is 1. The summed E-state index contributed by atoms with van der Waals surface area (Å²) in [6.45, 7) is 0. The molecular weight excluding hydrogens is 503 g/mol. The highest BCUT2D eigenvalue weighted by molar-refractivity contribution is 8.15. The van der Waals surface area contributed by atoms with E-state index in [1.807, 2.05) is 0 Å². The van der Waals surface area contributed by atoms with Crippen molar-refractivity contribution in [2.24, 2.45) is 19.1 Å². The van der Waals surface area contributed by atoms with Crippen LogP contribution in [-0.4, -0.2) is 38.1 Å². The van der Waals surface area contributed by atoms with Crippen molar-refractivity contribution in [3.63, 3.8) is 0 Å². The van der Waals surface area contributed by atoms with Gasteiger partial charge in [-0.2, -0.15) is 0 Å². The fourth-order valence-corrected chi connectivity index (χ4v) is 4.15. The number of amides is 1. The lowest BCUT2D eigenvalue weighted by Crippen LogP contribution is -2.39. The molecule has 9 nitrogen and oxygen atoms in total. The second-order valence-corrected chi connectivity index (χ2v) is 8.79. The third-order valence-electron chi connectivity index (χ3n) is 4.70. The number of halogens is 2. The Kier molecular flexibility index (Phi) is 8.08. The van der Waals surface area contributed by atoms with Crippen molar-refractivity contribution in [3.8, 4) is 11.6 Å².